The number of carbonyl (C=O) groups excluding carboxylic acids is 1. The molecule has 3 heterocycles. The second kappa shape index (κ2) is 8.44. The highest BCUT2D eigenvalue weighted by Crippen LogP contribution is 2.23. The quantitative estimate of drug-likeness (QED) is 0.649. The molecule has 1 aliphatic rings. The standard InChI is InChI=1S/C23H29N5O2/c1-4-25-10-12-26(13-11-25)21(29)16-28-23(30)22-18(3)27(17(2)20(22)14-24-28)15-19-8-6-5-7-9-19/h5-9,14H,4,10-13,15-16H2,1-3H3. The van der Waals surface area contributed by atoms with Gasteiger partial charge in [0.2, 0.25) is 5.91 Å². The van der Waals surface area contributed by atoms with Gasteiger partial charge in [-0.15, -0.1) is 0 Å². The summed E-state index contributed by atoms with van der Waals surface area (Å²) in [5, 5.41) is 5.84. The summed E-state index contributed by atoms with van der Waals surface area (Å²) in [7, 11) is 0. The van der Waals surface area contributed by atoms with Gasteiger partial charge in [-0.3, -0.25) is 9.59 Å². The summed E-state index contributed by atoms with van der Waals surface area (Å²) in [6.45, 7) is 11.0. The van der Waals surface area contributed by atoms with Crippen LogP contribution in [0.15, 0.2) is 41.3 Å². The Hall–Kier alpha value is -2.93. The van der Waals surface area contributed by atoms with Gasteiger partial charge in [0.1, 0.15) is 6.54 Å². The van der Waals surface area contributed by atoms with Crippen molar-refractivity contribution in [2.45, 2.75) is 33.9 Å². The topological polar surface area (TPSA) is 63.4 Å². The summed E-state index contributed by atoms with van der Waals surface area (Å²) in [6.07, 6.45) is 1.73. The van der Waals surface area contributed by atoms with E-state index in [1.54, 1.807) is 6.20 Å². The monoisotopic (exact) mass is 407 g/mol. The lowest BCUT2D eigenvalue weighted by Gasteiger charge is -2.34. The minimum atomic E-state index is -0.194. The molecule has 1 aromatic carbocycles. The van der Waals surface area contributed by atoms with Crippen molar-refractivity contribution in [1.82, 2.24) is 24.1 Å². The first kappa shape index (κ1) is 20.3. The van der Waals surface area contributed by atoms with Crippen LogP contribution in [0.5, 0.6) is 0 Å². The minimum absolute atomic E-state index is 0.0107. The Labute approximate surface area is 176 Å². The molecule has 0 radical (unpaired) electrons. The van der Waals surface area contributed by atoms with Crippen LogP contribution in [0.25, 0.3) is 10.8 Å². The smallest absolute Gasteiger partial charge is 0.276 e. The predicted molar refractivity (Wildman–Crippen MR) is 118 cm³/mol. The minimum Gasteiger partial charge on any atom is -0.343 e. The molecule has 0 spiro atoms. The molecule has 0 aliphatic carbocycles. The lowest BCUT2D eigenvalue weighted by atomic mass is 10.2. The number of aryl methyl sites for hydroxylation is 2. The second-order valence-corrected chi connectivity index (χ2v) is 7.95. The van der Waals surface area contributed by atoms with Gasteiger partial charge < -0.3 is 14.4 Å². The number of hydrogen-bond donors (Lipinski definition) is 0. The number of amides is 1. The number of benzene rings is 1. The van der Waals surface area contributed by atoms with Gasteiger partial charge in [0, 0.05) is 49.5 Å². The van der Waals surface area contributed by atoms with Gasteiger partial charge in [0.25, 0.3) is 5.56 Å². The highest BCUT2D eigenvalue weighted by Gasteiger charge is 2.22. The number of fused-ring (bicyclic) bond motifs is 1. The molecule has 158 valence electrons. The molecule has 0 unspecified atom stereocenters. The zero-order valence-electron chi connectivity index (χ0n) is 18.0. The molecule has 0 N–H and O–H groups in total. The van der Waals surface area contributed by atoms with E-state index in [0.29, 0.717) is 25.0 Å². The molecule has 1 fully saturated rings. The van der Waals surface area contributed by atoms with Crippen LogP contribution < -0.4 is 5.56 Å². The van der Waals surface area contributed by atoms with Crippen molar-refractivity contribution in [2.24, 2.45) is 0 Å². The molecule has 4 rings (SSSR count). The van der Waals surface area contributed by atoms with Crippen LogP contribution in [0.4, 0.5) is 0 Å². The number of aromatic nitrogens is 3. The van der Waals surface area contributed by atoms with Gasteiger partial charge >= 0.3 is 0 Å². The highest BCUT2D eigenvalue weighted by atomic mass is 16.2. The predicted octanol–water partition coefficient (Wildman–Crippen LogP) is 2.03. The SMILES string of the molecule is CCN1CCN(C(=O)Cn2ncc3c(C)n(Cc4ccccc4)c(C)c3c2=O)CC1. The summed E-state index contributed by atoms with van der Waals surface area (Å²) >= 11 is 0. The molecule has 7 heteroatoms. The molecule has 3 aromatic rings. The molecule has 1 amide bonds. The maximum Gasteiger partial charge on any atom is 0.276 e. The Morgan fingerprint density at radius 3 is 2.40 bits per heavy atom. The number of carbonyl (C=O) groups is 1. The van der Waals surface area contributed by atoms with Crippen LogP contribution in [0.3, 0.4) is 0 Å². The van der Waals surface area contributed by atoms with Crippen molar-refractivity contribution < 1.29 is 4.79 Å². The average molecular weight is 408 g/mol. The Bertz CT molecular complexity index is 1110. The van der Waals surface area contributed by atoms with Crippen molar-refractivity contribution in [2.75, 3.05) is 32.7 Å². The number of rotatable bonds is 5. The van der Waals surface area contributed by atoms with Crippen molar-refractivity contribution in [3.05, 3.63) is 63.8 Å². The molecule has 30 heavy (non-hydrogen) atoms. The largest absolute Gasteiger partial charge is 0.343 e. The van der Waals surface area contributed by atoms with E-state index in [4.69, 9.17) is 0 Å². The van der Waals surface area contributed by atoms with E-state index in [1.807, 2.05) is 36.9 Å². The van der Waals surface area contributed by atoms with Crippen LogP contribution in [-0.2, 0) is 17.9 Å². The normalized spacial score (nSPS) is 15.1. The molecule has 0 bridgehead atoms. The summed E-state index contributed by atoms with van der Waals surface area (Å²) in [4.78, 5) is 30.1. The molecular formula is C23H29N5O2. The Morgan fingerprint density at radius 2 is 1.73 bits per heavy atom. The van der Waals surface area contributed by atoms with Gasteiger partial charge in [-0.05, 0) is 26.0 Å². The lowest BCUT2D eigenvalue weighted by Crippen LogP contribution is -2.49. The fraction of sp³-hybridized carbons (Fsp3) is 0.435. The molecule has 0 saturated carbocycles. The maximum absolute atomic E-state index is 13.2. The van der Waals surface area contributed by atoms with E-state index < -0.39 is 0 Å². The van der Waals surface area contributed by atoms with Crippen molar-refractivity contribution in [1.29, 1.82) is 0 Å². The van der Waals surface area contributed by atoms with Gasteiger partial charge in [-0.1, -0.05) is 37.3 Å². The van der Waals surface area contributed by atoms with Crippen molar-refractivity contribution in [3.63, 3.8) is 0 Å². The number of hydrogen-bond acceptors (Lipinski definition) is 4. The number of piperazine rings is 1. The van der Waals surface area contributed by atoms with Crippen molar-refractivity contribution >= 4 is 16.7 Å². The molecule has 7 nitrogen and oxygen atoms in total. The summed E-state index contributed by atoms with van der Waals surface area (Å²) in [5.74, 6) is -0.0437. The van der Waals surface area contributed by atoms with Crippen LogP contribution in [0.1, 0.15) is 23.9 Å². The molecule has 0 atom stereocenters. The van der Waals surface area contributed by atoms with Gasteiger partial charge in [0.05, 0.1) is 11.6 Å². The first-order valence-electron chi connectivity index (χ1n) is 10.6. The number of likely N-dealkylation sites (N-methyl/N-ethyl adjacent to an activating group) is 1. The fourth-order valence-corrected chi connectivity index (χ4v) is 4.30. The van der Waals surface area contributed by atoms with Crippen LogP contribution >= 0.6 is 0 Å². The van der Waals surface area contributed by atoms with E-state index in [9.17, 15) is 9.59 Å². The van der Waals surface area contributed by atoms with Crippen LogP contribution in [0.2, 0.25) is 0 Å². The van der Waals surface area contributed by atoms with Crippen molar-refractivity contribution in [3.8, 4) is 0 Å². The zero-order valence-corrected chi connectivity index (χ0v) is 18.0. The highest BCUT2D eigenvalue weighted by molar-refractivity contribution is 5.87. The van der Waals surface area contributed by atoms with E-state index >= 15 is 0 Å². The first-order valence-corrected chi connectivity index (χ1v) is 10.6. The third-order valence-electron chi connectivity index (χ3n) is 6.25. The van der Waals surface area contributed by atoms with Crippen LogP contribution in [-0.4, -0.2) is 62.8 Å². The molecule has 2 aromatic heterocycles. The average Bonchev–Trinajstić information content (AvgIpc) is 3.01. The molecule has 1 saturated heterocycles. The maximum atomic E-state index is 13.2. The third-order valence-corrected chi connectivity index (χ3v) is 6.25. The Morgan fingerprint density at radius 1 is 1.03 bits per heavy atom. The van der Waals surface area contributed by atoms with Gasteiger partial charge in [0.15, 0.2) is 0 Å². The van der Waals surface area contributed by atoms with E-state index in [-0.39, 0.29) is 18.0 Å². The summed E-state index contributed by atoms with van der Waals surface area (Å²) in [5.41, 5.74) is 2.92. The van der Waals surface area contributed by atoms with Crippen LogP contribution in [0, 0.1) is 13.8 Å². The summed E-state index contributed by atoms with van der Waals surface area (Å²) < 4.78 is 3.47. The third kappa shape index (κ3) is 3.77. The Kier molecular flexibility index (Phi) is 5.72. The van der Waals surface area contributed by atoms with E-state index in [2.05, 4.69) is 33.6 Å². The fourth-order valence-electron chi connectivity index (χ4n) is 4.30. The van der Waals surface area contributed by atoms with Gasteiger partial charge in [-0.2, -0.15) is 5.10 Å². The number of nitrogens with zero attached hydrogens (tertiary/aromatic N) is 5. The molecular weight excluding hydrogens is 378 g/mol. The van der Waals surface area contributed by atoms with Gasteiger partial charge in [-0.25, -0.2) is 4.68 Å². The second-order valence-electron chi connectivity index (χ2n) is 7.95. The Balaban J connectivity index is 1.60. The summed E-state index contributed by atoms with van der Waals surface area (Å²) in [6, 6.07) is 10.2. The lowest BCUT2D eigenvalue weighted by molar-refractivity contribution is -0.133. The molecule has 1 aliphatic heterocycles. The van der Waals surface area contributed by atoms with E-state index in [0.717, 1.165) is 36.4 Å². The first-order chi connectivity index (χ1) is 14.5. The zero-order chi connectivity index (χ0) is 21.3. The van der Waals surface area contributed by atoms with E-state index in [1.165, 1.54) is 10.2 Å².